The minimum absolute atomic E-state index is 0.142. The van der Waals surface area contributed by atoms with Crippen molar-refractivity contribution in [3.8, 4) is 11.5 Å². The molecule has 4 rings (SSSR count). The first-order valence-corrected chi connectivity index (χ1v) is 11.2. The molecule has 1 amide bonds. The maximum Gasteiger partial charge on any atom is 0.255 e. The third kappa shape index (κ3) is 4.66. The number of amides is 1. The highest BCUT2D eigenvalue weighted by Crippen LogP contribution is 2.23. The molecule has 1 aliphatic heterocycles. The predicted molar refractivity (Wildman–Crippen MR) is 113 cm³/mol. The van der Waals surface area contributed by atoms with E-state index in [0.29, 0.717) is 35.8 Å². The van der Waals surface area contributed by atoms with Crippen LogP contribution in [0.1, 0.15) is 24.2 Å². The highest BCUT2D eigenvalue weighted by atomic mass is 32.2. The van der Waals surface area contributed by atoms with Gasteiger partial charge in [0.1, 0.15) is 0 Å². The summed E-state index contributed by atoms with van der Waals surface area (Å²) in [5.74, 6) is -0.0161. The van der Waals surface area contributed by atoms with Gasteiger partial charge in [-0.3, -0.25) is 4.79 Å². The third-order valence-corrected chi connectivity index (χ3v) is 6.71. The lowest BCUT2D eigenvalue weighted by Gasteiger charge is -2.34. The second-order valence-corrected chi connectivity index (χ2v) is 9.32. The second kappa shape index (κ2) is 8.58. The number of rotatable bonds is 5. The second-order valence-electron chi connectivity index (χ2n) is 7.38. The number of sulfonamides is 1. The average Bonchev–Trinajstić information content (AvgIpc) is 3.28. The zero-order valence-electron chi connectivity index (χ0n) is 17.1. The topological polar surface area (TPSA) is 115 Å². The fourth-order valence-corrected chi connectivity index (χ4v) is 5.08. The quantitative estimate of drug-likeness (QED) is 0.646. The summed E-state index contributed by atoms with van der Waals surface area (Å²) < 4.78 is 38.1. The van der Waals surface area contributed by atoms with Gasteiger partial charge < -0.3 is 14.5 Å². The Morgan fingerprint density at radius 2 is 1.81 bits per heavy atom. The van der Waals surface area contributed by atoms with E-state index >= 15 is 0 Å². The van der Waals surface area contributed by atoms with Gasteiger partial charge in [-0.1, -0.05) is 6.07 Å². The number of hydrogen-bond donors (Lipinski definition) is 1. The van der Waals surface area contributed by atoms with Gasteiger partial charge in [0.15, 0.2) is 0 Å². The van der Waals surface area contributed by atoms with E-state index < -0.39 is 10.0 Å². The van der Waals surface area contributed by atoms with Crippen LogP contribution in [0.2, 0.25) is 0 Å². The maximum atomic E-state index is 13.0. The number of carbonyl (C=O) groups is 1. The molecule has 2 aromatic carbocycles. The highest BCUT2D eigenvalue weighted by molar-refractivity contribution is 7.89. The number of ether oxygens (including phenoxy) is 1. The third-order valence-electron chi connectivity index (χ3n) is 4.87. The van der Waals surface area contributed by atoms with Crippen LogP contribution in [0.4, 0.5) is 5.69 Å². The zero-order chi connectivity index (χ0) is 22.0. The van der Waals surface area contributed by atoms with Crippen LogP contribution in [0.5, 0.6) is 0 Å². The first-order valence-electron chi connectivity index (χ1n) is 9.76. The predicted octanol–water partition coefficient (Wildman–Crippen LogP) is 2.79. The van der Waals surface area contributed by atoms with Gasteiger partial charge in [0.05, 0.1) is 17.1 Å². The van der Waals surface area contributed by atoms with E-state index in [4.69, 9.17) is 9.15 Å². The van der Waals surface area contributed by atoms with Crippen molar-refractivity contribution in [1.82, 2.24) is 14.5 Å². The Balaban J connectivity index is 1.48. The SMILES string of the molecule is CC1CN(S(=O)(=O)c2ccc(C(=O)Nc3cccc(-c4nnco4)c3)cc2)CC(C)O1. The molecule has 0 bridgehead atoms. The van der Waals surface area contributed by atoms with Crippen molar-refractivity contribution in [2.45, 2.75) is 31.0 Å². The maximum absolute atomic E-state index is 13.0. The molecule has 0 saturated carbocycles. The van der Waals surface area contributed by atoms with Crippen molar-refractivity contribution in [3.05, 3.63) is 60.5 Å². The molecule has 31 heavy (non-hydrogen) atoms. The lowest BCUT2D eigenvalue weighted by molar-refractivity contribution is -0.0440. The molecule has 2 atom stereocenters. The lowest BCUT2D eigenvalue weighted by Crippen LogP contribution is -2.48. The minimum atomic E-state index is -3.66. The van der Waals surface area contributed by atoms with Crippen LogP contribution < -0.4 is 5.32 Å². The van der Waals surface area contributed by atoms with Crippen LogP contribution >= 0.6 is 0 Å². The molecule has 0 radical (unpaired) electrons. The molecule has 2 heterocycles. The zero-order valence-corrected chi connectivity index (χ0v) is 17.9. The number of hydrogen-bond acceptors (Lipinski definition) is 7. The van der Waals surface area contributed by atoms with Crippen LogP contribution in [0.3, 0.4) is 0 Å². The first kappa shape index (κ1) is 21.2. The van der Waals surface area contributed by atoms with Gasteiger partial charge in [-0.2, -0.15) is 4.31 Å². The van der Waals surface area contributed by atoms with Crippen molar-refractivity contribution < 1.29 is 22.4 Å². The van der Waals surface area contributed by atoms with Crippen molar-refractivity contribution in [2.75, 3.05) is 18.4 Å². The van der Waals surface area contributed by atoms with Crippen LogP contribution in [0.15, 0.2) is 64.2 Å². The summed E-state index contributed by atoms with van der Waals surface area (Å²) in [7, 11) is -3.66. The smallest absolute Gasteiger partial charge is 0.255 e. The number of anilines is 1. The van der Waals surface area contributed by atoms with Crippen molar-refractivity contribution in [1.29, 1.82) is 0 Å². The Labute approximate surface area is 180 Å². The molecule has 2 unspecified atom stereocenters. The van der Waals surface area contributed by atoms with Gasteiger partial charge in [-0.05, 0) is 56.3 Å². The van der Waals surface area contributed by atoms with Gasteiger partial charge in [-0.25, -0.2) is 8.42 Å². The van der Waals surface area contributed by atoms with Crippen LogP contribution in [-0.4, -0.2) is 54.1 Å². The fraction of sp³-hybridized carbons (Fsp3) is 0.286. The Bertz CT molecular complexity index is 1150. The summed E-state index contributed by atoms with van der Waals surface area (Å²) in [6.45, 7) is 4.29. The minimum Gasteiger partial charge on any atom is -0.423 e. The van der Waals surface area contributed by atoms with E-state index in [1.54, 1.807) is 24.3 Å². The average molecular weight is 442 g/mol. The fourth-order valence-electron chi connectivity index (χ4n) is 3.49. The number of carbonyl (C=O) groups excluding carboxylic acids is 1. The van der Waals surface area contributed by atoms with Crippen molar-refractivity contribution >= 4 is 21.6 Å². The Morgan fingerprint density at radius 3 is 2.45 bits per heavy atom. The van der Waals surface area contributed by atoms with E-state index in [9.17, 15) is 13.2 Å². The first-order chi connectivity index (χ1) is 14.8. The molecule has 1 aliphatic rings. The molecule has 0 spiro atoms. The van der Waals surface area contributed by atoms with Gasteiger partial charge in [0, 0.05) is 29.9 Å². The summed E-state index contributed by atoms with van der Waals surface area (Å²) in [5, 5.41) is 10.3. The number of nitrogens with zero attached hydrogens (tertiary/aromatic N) is 3. The molecule has 1 fully saturated rings. The lowest BCUT2D eigenvalue weighted by atomic mass is 10.1. The standard InChI is InChI=1S/C21H22N4O5S/c1-14-11-25(12-15(2)30-14)31(27,28)19-8-6-16(7-9-19)20(26)23-18-5-3-4-17(10-18)21-24-22-13-29-21/h3-10,13-15H,11-12H2,1-2H3,(H,23,26). The number of morpholine rings is 1. The monoisotopic (exact) mass is 442 g/mol. The summed E-state index contributed by atoms with van der Waals surface area (Å²) in [6.07, 6.45) is 0.881. The van der Waals surface area contributed by atoms with E-state index in [2.05, 4.69) is 15.5 Å². The summed E-state index contributed by atoms with van der Waals surface area (Å²) in [4.78, 5) is 12.8. The van der Waals surface area contributed by atoms with Gasteiger partial charge in [0.25, 0.3) is 5.91 Å². The van der Waals surface area contributed by atoms with Crippen LogP contribution in [-0.2, 0) is 14.8 Å². The molecule has 0 aliphatic carbocycles. The van der Waals surface area contributed by atoms with Crippen LogP contribution in [0, 0.1) is 0 Å². The Morgan fingerprint density at radius 1 is 1.10 bits per heavy atom. The molecule has 1 N–H and O–H groups in total. The van der Waals surface area contributed by atoms with Gasteiger partial charge >= 0.3 is 0 Å². The Kier molecular flexibility index (Phi) is 5.86. The largest absolute Gasteiger partial charge is 0.423 e. The van der Waals surface area contributed by atoms with Gasteiger partial charge in [-0.15, -0.1) is 10.2 Å². The normalized spacial score (nSPS) is 19.8. The van der Waals surface area contributed by atoms with Crippen LogP contribution in [0.25, 0.3) is 11.5 Å². The van der Waals surface area contributed by atoms with E-state index in [1.165, 1.54) is 35.0 Å². The van der Waals surface area contributed by atoms with E-state index in [0.717, 1.165) is 0 Å². The number of nitrogens with one attached hydrogen (secondary N) is 1. The van der Waals surface area contributed by atoms with Gasteiger partial charge in [0.2, 0.25) is 22.3 Å². The summed E-state index contributed by atoms with van der Waals surface area (Å²) in [5.41, 5.74) is 1.56. The van der Waals surface area contributed by atoms with E-state index in [-0.39, 0.29) is 23.0 Å². The van der Waals surface area contributed by atoms with E-state index in [1.807, 2.05) is 13.8 Å². The molecule has 162 valence electrons. The number of aromatic nitrogens is 2. The molecule has 10 heteroatoms. The molecule has 1 saturated heterocycles. The molecular formula is C21H22N4O5S. The summed E-state index contributed by atoms with van der Waals surface area (Å²) >= 11 is 0. The Hall–Kier alpha value is -3.08. The number of benzene rings is 2. The summed E-state index contributed by atoms with van der Waals surface area (Å²) in [6, 6.07) is 12.9. The molecule has 9 nitrogen and oxygen atoms in total. The molecule has 1 aromatic heterocycles. The molecule has 3 aromatic rings. The van der Waals surface area contributed by atoms with Crippen molar-refractivity contribution in [2.24, 2.45) is 0 Å². The molecular weight excluding hydrogens is 420 g/mol. The highest BCUT2D eigenvalue weighted by Gasteiger charge is 2.32. The van der Waals surface area contributed by atoms with Crippen molar-refractivity contribution in [3.63, 3.8) is 0 Å².